The van der Waals surface area contributed by atoms with Gasteiger partial charge in [-0.05, 0) is 55.0 Å². The van der Waals surface area contributed by atoms with Gasteiger partial charge in [0.25, 0.3) is 5.56 Å². The summed E-state index contributed by atoms with van der Waals surface area (Å²) in [5, 5.41) is 14.6. The van der Waals surface area contributed by atoms with Crippen LogP contribution in [0.2, 0.25) is 0 Å². The number of nitrogens with one attached hydrogen (secondary N) is 1. The van der Waals surface area contributed by atoms with Crippen LogP contribution in [0.25, 0.3) is 16.6 Å². The molecule has 0 fully saturated rings. The molecule has 7 heteroatoms. The van der Waals surface area contributed by atoms with Crippen molar-refractivity contribution in [2.24, 2.45) is 5.10 Å². The molecule has 0 aliphatic rings. The molecule has 0 saturated heterocycles. The number of phenols is 1. The van der Waals surface area contributed by atoms with E-state index in [1.54, 1.807) is 30.5 Å². The summed E-state index contributed by atoms with van der Waals surface area (Å²) in [5.41, 5.74) is 4.84. The van der Waals surface area contributed by atoms with Gasteiger partial charge in [-0.25, -0.2) is 5.43 Å². The Morgan fingerprint density at radius 3 is 2.67 bits per heavy atom. The maximum absolute atomic E-state index is 12.5. The van der Waals surface area contributed by atoms with E-state index in [-0.39, 0.29) is 11.3 Å². The molecule has 1 heterocycles. The van der Waals surface area contributed by atoms with Crippen LogP contribution in [-0.4, -0.2) is 27.5 Å². The summed E-state index contributed by atoms with van der Waals surface area (Å²) in [4.78, 5) is 16.7. The number of fused-ring (bicyclic) bond motifs is 1. The second-order valence-electron chi connectivity index (χ2n) is 6.46. The van der Waals surface area contributed by atoms with Gasteiger partial charge in [0.1, 0.15) is 0 Å². The van der Waals surface area contributed by atoms with Crippen molar-refractivity contribution < 1.29 is 9.84 Å². The molecular weight excluding hydrogens is 380 g/mol. The Morgan fingerprint density at radius 1 is 1.10 bits per heavy atom. The first-order chi connectivity index (χ1) is 14.7. The molecule has 0 saturated carbocycles. The Bertz CT molecular complexity index is 1270. The van der Waals surface area contributed by atoms with Gasteiger partial charge < -0.3 is 9.84 Å². The molecule has 0 aliphatic carbocycles. The van der Waals surface area contributed by atoms with E-state index >= 15 is 0 Å². The molecule has 3 aromatic carbocycles. The van der Waals surface area contributed by atoms with Gasteiger partial charge in [0.2, 0.25) is 5.95 Å². The van der Waals surface area contributed by atoms with Crippen molar-refractivity contribution in [3.8, 4) is 17.2 Å². The Labute approximate surface area is 172 Å². The van der Waals surface area contributed by atoms with Crippen molar-refractivity contribution in [1.29, 1.82) is 0 Å². The lowest BCUT2D eigenvalue weighted by atomic mass is 10.2. The molecule has 0 amide bonds. The van der Waals surface area contributed by atoms with Gasteiger partial charge in [-0.2, -0.15) is 10.1 Å². The average molecular weight is 400 g/mol. The summed E-state index contributed by atoms with van der Waals surface area (Å²) >= 11 is 0. The van der Waals surface area contributed by atoms with E-state index < -0.39 is 0 Å². The van der Waals surface area contributed by atoms with Crippen LogP contribution < -0.4 is 15.7 Å². The Balaban J connectivity index is 1.74. The Morgan fingerprint density at radius 2 is 1.87 bits per heavy atom. The van der Waals surface area contributed by atoms with Gasteiger partial charge in [0.15, 0.2) is 11.5 Å². The number of benzene rings is 3. The number of aromatic hydroxyl groups is 1. The van der Waals surface area contributed by atoms with Gasteiger partial charge >= 0.3 is 0 Å². The second-order valence-corrected chi connectivity index (χ2v) is 6.46. The number of rotatable bonds is 6. The molecule has 150 valence electrons. The smallest absolute Gasteiger partial charge is 0.282 e. The minimum Gasteiger partial charge on any atom is -0.504 e. The van der Waals surface area contributed by atoms with Crippen molar-refractivity contribution in [3.05, 3.63) is 88.7 Å². The molecular formula is C23H20N4O3. The van der Waals surface area contributed by atoms with Crippen LogP contribution in [0.15, 0.2) is 82.7 Å². The van der Waals surface area contributed by atoms with Crippen LogP contribution in [0.1, 0.15) is 12.5 Å². The number of ether oxygens (including phenoxy) is 1. The number of aromatic nitrogens is 2. The number of nitrogens with zero attached hydrogens (tertiary/aromatic N) is 3. The Hall–Kier alpha value is -4.13. The highest BCUT2D eigenvalue weighted by atomic mass is 16.5. The first-order valence-corrected chi connectivity index (χ1v) is 9.49. The number of para-hydroxylation sites is 2. The van der Waals surface area contributed by atoms with Gasteiger partial charge in [-0.3, -0.25) is 9.36 Å². The Kier molecular flexibility index (Phi) is 5.43. The van der Waals surface area contributed by atoms with Gasteiger partial charge in [0.05, 0.1) is 23.7 Å². The normalized spacial score (nSPS) is 11.1. The molecule has 30 heavy (non-hydrogen) atoms. The summed E-state index contributed by atoms with van der Waals surface area (Å²) in [6.45, 7) is 2.28. The third kappa shape index (κ3) is 3.86. The largest absolute Gasteiger partial charge is 0.504 e. The van der Waals surface area contributed by atoms with Crippen LogP contribution in [0, 0.1) is 0 Å². The number of anilines is 1. The maximum atomic E-state index is 12.5. The maximum Gasteiger partial charge on any atom is 0.282 e. The van der Waals surface area contributed by atoms with Crippen LogP contribution >= 0.6 is 0 Å². The van der Waals surface area contributed by atoms with Gasteiger partial charge in [-0.1, -0.05) is 30.3 Å². The number of hydrogen-bond acceptors (Lipinski definition) is 6. The van der Waals surface area contributed by atoms with Gasteiger partial charge in [0, 0.05) is 5.69 Å². The van der Waals surface area contributed by atoms with E-state index in [0.29, 0.717) is 23.7 Å². The summed E-state index contributed by atoms with van der Waals surface area (Å²) in [5.74, 6) is 0.743. The number of phenolic OH excluding ortho intramolecular Hbond substituents is 1. The minimum absolute atomic E-state index is 0.0658. The quantitative estimate of drug-likeness (QED) is 0.378. The van der Waals surface area contributed by atoms with Crippen molar-refractivity contribution in [3.63, 3.8) is 0 Å². The predicted octanol–water partition coefficient (Wildman–Crippen LogP) is 3.94. The molecule has 0 aliphatic heterocycles. The molecule has 0 atom stereocenters. The van der Waals surface area contributed by atoms with Crippen LogP contribution in [0.5, 0.6) is 11.5 Å². The fraction of sp³-hybridized carbons (Fsp3) is 0.0870. The summed E-state index contributed by atoms with van der Waals surface area (Å²) in [7, 11) is 0. The first kappa shape index (κ1) is 19.2. The molecule has 4 rings (SSSR count). The predicted molar refractivity (Wildman–Crippen MR) is 118 cm³/mol. The highest BCUT2D eigenvalue weighted by Crippen LogP contribution is 2.26. The highest BCUT2D eigenvalue weighted by molar-refractivity contribution is 5.83. The molecule has 1 aromatic heterocycles. The van der Waals surface area contributed by atoms with Crippen molar-refractivity contribution in [1.82, 2.24) is 9.55 Å². The molecule has 0 spiro atoms. The topological polar surface area (TPSA) is 88.7 Å². The average Bonchev–Trinajstić information content (AvgIpc) is 2.77. The lowest BCUT2D eigenvalue weighted by molar-refractivity contribution is 0.318. The van der Waals surface area contributed by atoms with Crippen LogP contribution in [-0.2, 0) is 0 Å². The van der Waals surface area contributed by atoms with E-state index in [2.05, 4.69) is 15.5 Å². The third-order valence-electron chi connectivity index (χ3n) is 4.47. The van der Waals surface area contributed by atoms with E-state index in [1.165, 1.54) is 0 Å². The van der Waals surface area contributed by atoms with Crippen LogP contribution in [0.3, 0.4) is 0 Å². The summed E-state index contributed by atoms with van der Waals surface area (Å²) in [6.07, 6.45) is 1.57. The molecule has 0 bridgehead atoms. The van der Waals surface area contributed by atoms with Crippen molar-refractivity contribution in [2.75, 3.05) is 12.0 Å². The first-order valence-electron chi connectivity index (χ1n) is 9.49. The number of hydrazone groups is 1. The molecule has 0 radical (unpaired) electrons. The van der Waals surface area contributed by atoms with E-state index in [1.807, 2.05) is 60.0 Å². The van der Waals surface area contributed by atoms with Gasteiger partial charge in [-0.15, -0.1) is 0 Å². The molecule has 7 nitrogen and oxygen atoms in total. The lowest BCUT2D eigenvalue weighted by Crippen LogP contribution is -2.16. The lowest BCUT2D eigenvalue weighted by Gasteiger charge is -2.15. The second kappa shape index (κ2) is 8.48. The summed E-state index contributed by atoms with van der Waals surface area (Å²) < 4.78 is 7.24. The zero-order valence-electron chi connectivity index (χ0n) is 16.3. The van der Waals surface area contributed by atoms with Crippen molar-refractivity contribution >= 4 is 23.1 Å². The fourth-order valence-electron chi connectivity index (χ4n) is 3.13. The van der Waals surface area contributed by atoms with E-state index in [4.69, 9.17) is 4.74 Å². The minimum atomic E-state index is -0.334. The van der Waals surface area contributed by atoms with E-state index in [0.717, 1.165) is 16.8 Å². The summed E-state index contributed by atoms with van der Waals surface area (Å²) in [6, 6.07) is 21.9. The molecule has 4 aromatic rings. The fourth-order valence-corrected chi connectivity index (χ4v) is 3.13. The molecule has 2 N–H and O–H groups in total. The molecule has 0 unspecified atom stereocenters. The highest BCUT2D eigenvalue weighted by Gasteiger charge is 2.11. The standard InChI is InChI=1S/C23H20N4O3/c1-2-30-21-14-16(12-13-20(21)28)15-24-26-23-25-22(29)18-10-6-7-11-19(18)27(23)17-8-4-3-5-9-17/h3-15,28H,2H2,1H3,(H,25,26,29)/b24-15-. The monoisotopic (exact) mass is 400 g/mol. The van der Waals surface area contributed by atoms with Crippen LogP contribution in [0.4, 0.5) is 5.95 Å². The number of hydrogen-bond donors (Lipinski definition) is 2. The van der Waals surface area contributed by atoms with Crippen molar-refractivity contribution in [2.45, 2.75) is 6.92 Å². The SMILES string of the molecule is CCOc1cc(/C=N\Nc2nc(=O)c3ccccc3n2-c2ccccc2)ccc1O. The third-order valence-corrected chi connectivity index (χ3v) is 4.47. The van der Waals surface area contributed by atoms with E-state index in [9.17, 15) is 9.90 Å². The zero-order chi connectivity index (χ0) is 20.9. The zero-order valence-corrected chi connectivity index (χ0v) is 16.3.